The first-order valence-corrected chi connectivity index (χ1v) is 7.09. The van der Waals surface area contributed by atoms with Gasteiger partial charge in [-0.2, -0.15) is 0 Å². The fraction of sp³-hybridized carbons (Fsp3) is 0.600. The number of aliphatic hydroxyl groups is 1. The van der Waals surface area contributed by atoms with E-state index in [4.69, 9.17) is 0 Å². The van der Waals surface area contributed by atoms with Crippen molar-refractivity contribution in [3.8, 4) is 0 Å². The third-order valence-electron chi connectivity index (χ3n) is 4.95. The van der Waals surface area contributed by atoms with E-state index in [0.29, 0.717) is 16.8 Å². The molecule has 3 heteroatoms. The van der Waals surface area contributed by atoms with Crippen molar-refractivity contribution >= 4 is 15.9 Å². The minimum atomic E-state index is -0.368. The van der Waals surface area contributed by atoms with E-state index in [9.17, 15) is 9.50 Å². The molecule has 1 N–H and O–H groups in total. The summed E-state index contributed by atoms with van der Waals surface area (Å²) < 4.78 is 13.6. The van der Waals surface area contributed by atoms with E-state index in [-0.39, 0.29) is 22.8 Å². The van der Waals surface area contributed by atoms with Gasteiger partial charge in [0.2, 0.25) is 0 Å². The van der Waals surface area contributed by atoms with Crippen LogP contribution in [-0.2, 0) is 6.42 Å². The Bertz CT molecular complexity index is 454. The fourth-order valence-corrected chi connectivity index (χ4v) is 3.66. The summed E-state index contributed by atoms with van der Waals surface area (Å²) >= 11 is 3.18. The zero-order chi connectivity index (χ0) is 13.7. The first kappa shape index (κ1) is 14.0. The highest BCUT2D eigenvalue weighted by Gasteiger charge is 2.66. The normalized spacial score (nSPS) is 22.8. The molecule has 0 radical (unpaired) electrons. The number of rotatable bonds is 3. The van der Waals surface area contributed by atoms with Crippen molar-refractivity contribution in [2.75, 3.05) is 0 Å². The second-order valence-electron chi connectivity index (χ2n) is 6.44. The van der Waals surface area contributed by atoms with Crippen molar-refractivity contribution in [3.05, 3.63) is 34.1 Å². The molecule has 1 aromatic rings. The lowest BCUT2D eigenvalue weighted by Crippen LogP contribution is -2.17. The van der Waals surface area contributed by atoms with Gasteiger partial charge in [0.15, 0.2) is 0 Å². The van der Waals surface area contributed by atoms with E-state index in [2.05, 4.69) is 43.6 Å². The van der Waals surface area contributed by atoms with Crippen LogP contribution in [0, 0.1) is 22.6 Å². The van der Waals surface area contributed by atoms with Gasteiger partial charge in [0, 0.05) is 0 Å². The highest BCUT2D eigenvalue weighted by Crippen LogP contribution is 2.69. The maximum absolute atomic E-state index is 13.1. The second-order valence-corrected chi connectivity index (χ2v) is 7.30. The van der Waals surface area contributed by atoms with E-state index in [1.165, 1.54) is 6.07 Å². The summed E-state index contributed by atoms with van der Waals surface area (Å²) in [7, 11) is 0. The lowest BCUT2D eigenvalue weighted by Gasteiger charge is -2.13. The molecule has 100 valence electrons. The molecule has 1 aliphatic carbocycles. The molecule has 1 saturated carbocycles. The van der Waals surface area contributed by atoms with Crippen molar-refractivity contribution in [2.45, 2.75) is 40.2 Å². The van der Waals surface area contributed by atoms with Crippen LogP contribution in [0.2, 0.25) is 0 Å². The lowest BCUT2D eigenvalue weighted by atomic mass is 9.99. The Labute approximate surface area is 117 Å². The monoisotopic (exact) mass is 314 g/mol. The average molecular weight is 315 g/mol. The Hall–Kier alpha value is -0.410. The molecule has 18 heavy (non-hydrogen) atoms. The number of halogens is 2. The molecule has 1 atom stereocenters. The van der Waals surface area contributed by atoms with Crippen LogP contribution in [0.4, 0.5) is 4.39 Å². The minimum absolute atomic E-state index is 0.170. The van der Waals surface area contributed by atoms with Crippen LogP contribution in [0.3, 0.4) is 0 Å². The zero-order valence-corrected chi connectivity index (χ0v) is 12.9. The van der Waals surface area contributed by atoms with Crippen molar-refractivity contribution in [2.24, 2.45) is 16.7 Å². The van der Waals surface area contributed by atoms with Crippen molar-refractivity contribution in [1.82, 2.24) is 0 Å². The number of benzene rings is 1. The van der Waals surface area contributed by atoms with Crippen LogP contribution >= 0.6 is 15.9 Å². The fourth-order valence-electron chi connectivity index (χ4n) is 3.24. The molecule has 1 aliphatic rings. The Balaban J connectivity index is 2.09. The topological polar surface area (TPSA) is 20.2 Å². The van der Waals surface area contributed by atoms with Gasteiger partial charge in [0.25, 0.3) is 0 Å². The summed E-state index contributed by atoms with van der Waals surface area (Å²) in [5.41, 5.74) is 1.31. The van der Waals surface area contributed by atoms with Gasteiger partial charge in [-0.25, -0.2) is 4.39 Å². The standard InChI is InChI=1S/C15H20BrFO/c1-14(2)13(15(14,3)4)12(18)8-9-5-6-11(17)10(16)7-9/h5-7,12-13,18H,8H2,1-4H3. The molecule has 0 amide bonds. The molecule has 1 nitrogen and oxygen atoms in total. The quantitative estimate of drug-likeness (QED) is 0.887. The smallest absolute Gasteiger partial charge is 0.137 e. The zero-order valence-electron chi connectivity index (χ0n) is 11.3. The summed E-state index contributed by atoms with van der Waals surface area (Å²) in [5, 5.41) is 10.4. The Morgan fingerprint density at radius 3 is 2.28 bits per heavy atom. The van der Waals surface area contributed by atoms with E-state index in [0.717, 1.165) is 5.56 Å². The molecular weight excluding hydrogens is 295 g/mol. The molecule has 0 heterocycles. The Morgan fingerprint density at radius 2 is 1.83 bits per heavy atom. The third-order valence-corrected chi connectivity index (χ3v) is 5.55. The summed E-state index contributed by atoms with van der Waals surface area (Å²) in [4.78, 5) is 0. The largest absolute Gasteiger partial charge is 0.392 e. The van der Waals surface area contributed by atoms with Crippen LogP contribution in [0.15, 0.2) is 22.7 Å². The Kier molecular flexibility index (Phi) is 3.35. The molecular formula is C15H20BrFO. The van der Waals surface area contributed by atoms with E-state index >= 15 is 0 Å². The van der Waals surface area contributed by atoms with Crippen LogP contribution in [0.1, 0.15) is 33.3 Å². The first-order chi connectivity index (χ1) is 8.18. The molecule has 0 aliphatic heterocycles. The molecule has 0 aromatic heterocycles. The number of hydrogen-bond donors (Lipinski definition) is 1. The molecule has 0 spiro atoms. The van der Waals surface area contributed by atoms with Crippen LogP contribution in [0.5, 0.6) is 0 Å². The van der Waals surface area contributed by atoms with Crippen molar-refractivity contribution in [1.29, 1.82) is 0 Å². The first-order valence-electron chi connectivity index (χ1n) is 6.30. The van der Waals surface area contributed by atoms with Gasteiger partial charge in [-0.1, -0.05) is 33.8 Å². The highest BCUT2D eigenvalue weighted by molar-refractivity contribution is 9.10. The molecule has 1 fully saturated rings. The number of hydrogen-bond acceptors (Lipinski definition) is 1. The minimum Gasteiger partial charge on any atom is -0.392 e. The van der Waals surface area contributed by atoms with E-state index in [1.807, 2.05) is 0 Å². The summed E-state index contributed by atoms with van der Waals surface area (Å²) in [6.45, 7) is 8.78. The SMILES string of the molecule is CC1(C)C(C(O)Cc2ccc(F)c(Br)c2)C1(C)C. The van der Waals surface area contributed by atoms with E-state index in [1.54, 1.807) is 12.1 Å². The van der Waals surface area contributed by atoms with Gasteiger partial charge in [-0.3, -0.25) is 0 Å². The molecule has 2 rings (SSSR count). The predicted octanol–water partition coefficient (Wildman–Crippen LogP) is 4.17. The predicted molar refractivity (Wildman–Crippen MR) is 74.9 cm³/mol. The lowest BCUT2D eigenvalue weighted by molar-refractivity contribution is 0.129. The highest BCUT2D eigenvalue weighted by atomic mass is 79.9. The van der Waals surface area contributed by atoms with Gasteiger partial charge in [0.05, 0.1) is 10.6 Å². The van der Waals surface area contributed by atoms with Gasteiger partial charge >= 0.3 is 0 Å². The van der Waals surface area contributed by atoms with Gasteiger partial charge in [-0.05, 0) is 56.8 Å². The van der Waals surface area contributed by atoms with Gasteiger partial charge in [-0.15, -0.1) is 0 Å². The van der Waals surface area contributed by atoms with Crippen LogP contribution in [-0.4, -0.2) is 11.2 Å². The molecule has 1 unspecified atom stereocenters. The summed E-state index contributed by atoms with van der Waals surface area (Å²) in [6.07, 6.45) is 0.212. The third kappa shape index (κ3) is 2.12. The average Bonchev–Trinajstić information content (AvgIpc) is 2.63. The molecule has 1 aromatic carbocycles. The maximum atomic E-state index is 13.1. The number of aliphatic hydroxyl groups excluding tert-OH is 1. The van der Waals surface area contributed by atoms with Gasteiger partial charge < -0.3 is 5.11 Å². The van der Waals surface area contributed by atoms with Crippen LogP contribution in [0.25, 0.3) is 0 Å². The Morgan fingerprint density at radius 1 is 1.28 bits per heavy atom. The van der Waals surface area contributed by atoms with E-state index < -0.39 is 0 Å². The summed E-state index contributed by atoms with van der Waals surface area (Å²) in [5.74, 6) is 0.0363. The molecule has 0 bridgehead atoms. The van der Waals surface area contributed by atoms with Gasteiger partial charge in [0.1, 0.15) is 5.82 Å². The molecule has 0 saturated heterocycles. The van der Waals surface area contributed by atoms with Crippen molar-refractivity contribution < 1.29 is 9.50 Å². The summed E-state index contributed by atoms with van der Waals surface area (Å²) in [6, 6.07) is 4.93. The van der Waals surface area contributed by atoms with Crippen molar-refractivity contribution in [3.63, 3.8) is 0 Å². The maximum Gasteiger partial charge on any atom is 0.137 e. The second kappa shape index (κ2) is 4.31. The van der Waals surface area contributed by atoms with Crippen LogP contribution < -0.4 is 0 Å².